The average molecular weight is 584 g/mol. The Kier molecular flexibility index (Phi) is 8.03. The average Bonchev–Trinajstić information content (AvgIpc) is 2.79. The molecule has 6 heteroatoms. The predicted molar refractivity (Wildman–Crippen MR) is 93.7 cm³/mol. The van der Waals surface area contributed by atoms with Gasteiger partial charge < -0.3 is 15.0 Å². The molecule has 1 radical (unpaired) electrons. The number of aliphatic imine (C=N–C) groups is 1. The summed E-state index contributed by atoms with van der Waals surface area (Å²) in [7, 11) is 1.71. The Balaban J connectivity index is 0.00000121. The minimum Gasteiger partial charge on any atom is -0.431 e. The molecule has 1 aromatic heterocycles. The van der Waals surface area contributed by atoms with Gasteiger partial charge in [0.15, 0.2) is 0 Å². The zero-order valence-corrected chi connectivity index (χ0v) is 22.6. The molecular weight excluding hydrogens is 568 g/mol. The van der Waals surface area contributed by atoms with Crippen molar-refractivity contribution in [3.8, 4) is 11.3 Å². The normalized spacial score (nSPS) is 12.7. The van der Waals surface area contributed by atoms with Gasteiger partial charge in [0.25, 0.3) is 0 Å². The molecule has 0 amide bonds. The Hall–Kier alpha value is -0.542. The Morgan fingerprint density at radius 3 is 2.69 bits per heavy atom. The second-order valence-electron chi connectivity index (χ2n) is 5.70. The summed E-state index contributed by atoms with van der Waals surface area (Å²) >= 11 is 0. The van der Waals surface area contributed by atoms with Crippen LogP contribution in [0.5, 0.6) is 0 Å². The predicted octanol–water partition coefficient (Wildman–Crippen LogP) is -0.132. The van der Waals surface area contributed by atoms with E-state index in [2.05, 4.69) is 52.3 Å². The molecule has 3 aromatic rings. The molecule has 0 bridgehead atoms. The van der Waals surface area contributed by atoms with Crippen LogP contribution in [-0.4, -0.2) is 22.7 Å². The SMILES string of the molecule is CN=c1n[c-]c2c([nH]1)-c1cc[c-]cc1C(c1ccccc1C)=NC2.[Rb+].[Re]. The van der Waals surface area contributed by atoms with Crippen molar-refractivity contribution in [2.45, 2.75) is 13.5 Å². The van der Waals surface area contributed by atoms with Crippen molar-refractivity contribution in [1.29, 1.82) is 0 Å². The van der Waals surface area contributed by atoms with E-state index >= 15 is 0 Å². The van der Waals surface area contributed by atoms with E-state index in [0.717, 1.165) is 33.7 Å². The van der Waals surface area contributed by atoms with Gasteiger partial charge in [-0.3, -0.25) is 4.99 Å². The van der Waals surface area contributed by atoms with Gasteiger partial charge >= 0.3 is 58.2 Å². The summed E-state index contributed by atoms with van der Waals surface area (Å²) in [6.07, 6.45) is 3.08. The fraction of sp³-hybridized carbons (Fsp3) is 0.150. The van der Waals surface area contributed by atoms with Crippen LogP contribution in [-0.2, 0) is 27.0 Å². The van der Waals surface area contributed by atoms with Gasteiger partial charge in [-0.1, -0.05) is 36.2 Å². The number of aromatic nitrogens is 2. The topological polar surface area (TPSA) is 53.4 Å². The van der Waals surface area contributed by atoms with Gasteiger partial charge in [-0.2, -0.15) is 29.8 Å². The smallest absolute Gasteiger partial charge is 0.431 e. The molecule has 0 aliphatic carbocycles. The maximum absolute atomic E-state index is 4.87. The van der Waals surface area contributed by atoms with Crippen LogP contribution in [0.2, 0.25) is 0 Å². The molecule has 0 atom stereocenters. The Morgan fingerprint density at radius 1 is 1.12 bits per heavy atom. The van der Waals surface area contributed by atoms with Crippen molar-refractivity contribution in [3.63, 3.8) is 0 Å². The molecule has 0 saturated carbocycles. The van der Waals surface area contributed by atoms with Gasteiger partial charge in [0.2, 0.25) is 0 Å². The van der Waals surface area contributed by atoms with Gasteiger partial charge in [0.1, 0.15) is 5.62 Å². The second kappa shape index (κ2) is 9.59. The molecule has 0 unspecified atom stereocenters. The molecule has 1 aliphatic heterocycles. The fourth-order valence-corrected chi connectivity index (χ4v) is 3.00. The number of nitrogens with zero attached hydrogens (tertiary/aromatic N) is 3. The van der Waals surface area contributed by atoms with E-state index in [9.17, 15) is 0 Å². The first kappa shape index (κ1) is 21.8. The summed E-state index contributed by atoms with van der Waals surface area (Å²) < 4.78 is 0. The molecule has 125 valence electrons. The number of benzene rings is 2. The Bertz CT molecular complexity index is 1020. The number of rotatable bonds is 1. The third kappa shape index (κ3) is 4.14. The third-order valence-corrected chi connectivity index (χ3v) is 4.23. The summed E-state index contributed by atoms with van der Waals surface area (Å²) in [5, 5.41) is 0. The van der Waals surface area contributed by atoms with Gasteiger partial charge in [-0.25, -0.2) is 0 Å². The quantitative estimate of drug-likeness (QED) is 0.399. The van der Waals surface area contributed by atoms with Crippen molar-refractivity contribution < 1.29 is 78.6 Å². The summed E-state index contributed by atoms with van der Waals surface area (Å²) in [4.78, 5) is 16.5. The van der Waals surface area contributed by atoms with Crippen molar-refractivity contribution in [3.05, 3.63) is 82.6 Å². The molecular formula is C20H16N4RbRe-. The summed E-state index contributed by atoms with van der Waals surface area (Å²) in [5.41, 5.74) is 7.93. The van der Waals surface area contributed by atoms with Crippen molar-refractivity contribution in [1.82, 2.24) is 9.97 Å². The molecule has 26 heavy (non-hydrogen) atoms. The first-order valence-corrected chi connectivity index (χ1v) is 7.83. The van der Waals surface area contributed by atoms with E-state index in [1.165, 1.54) is 5.56 Å². The number of hydrogen-bond donors (Lipinski definition) is 1. The molecule has 1 aliphatic rings. The summed E-state index contributed by atoms with van der Waals surface area (Å²) in [5.74, 6) is 0. The van der Waals surface area contributed by atoms with Crippen LogP contribution < -0.4 is 63.8 Å². The minimum absolute atomic E-state index is 0. The first-order valence-electron chi connectivity index (χ1n) is 7.83. The van der Waals surface area contributed by atoms with E-state index in [-0.39, 0.29) is 78.6 Å². The van der Waals surface area contributed by atoms with E-state index in [1.54, 1.807) is 7.05 Å². The number of nitrogens with one attached hydrogen (secondary N) is 1. The molecule has 4 nitrogen and oxygen atoms in total. The second-order valence-corrected chi connectivity index (χ2v) is 5.70. The molecule has 2 heterocycles. The number of aromatic amines is 1. The fourth-order valence-electron chi connectivity index (χ4n) is 3.00. The zero-order chi connectivity index (χ0) is 16.5. The van der Waals surface area contributed by atoms with Crippen LogP contribution in [0, 0.1) is 19.2 Å². The number of hydrogen-bond acceptors (Lipinski definition) is 3. The molecule has 0 fully saturated rings. The molecule has 0 spiro atoms. The van der Waals surface area contributed by atoms with Crippen LogP contribution in [0.3, 0.4) is 0 Å². The third-order valence-electron chi connectivity index (χ3n) is 4.23. The molecule has 4 rings (SSSR count). The van der Waals surface area contributed by atoms with E-state index in [1.807, 2.05) is 24.3 Å². The monoisotopic (exact) mass is 584 g/mol. The minimum atomic E-state index is 0. The van der Waals surface area contributed by atoms with Crippen LogP contribution in [0.1, 0.15) is 22.3 Å². The first-order chi connectivity index (χ1) is 11.8. The van der Waals surface area contributed by atoms with Gasteiger partial charge in [0.05, 0.1) is 0 Å². The number of aryl methyl sites for hydroxylation is 1. The van der Waals surface area contributed by atoms with Crippen molar-refractivity contribution >= 4 is 5.71 Å². The van der Waals surface area contributed by atoms with Crippen molar-refractivity contribution in [2.75, 3.05) is 7.05 Å². The van der Waals surface area contributed by atoms with E-state index < -0.39 is 0 Å². The van der Waals surface area contributed by atoms with E-state index in [4.69, 9.17) is 4.99 Å². The van der Waals surface area contributed by atoms with Gasteiger partial charge in [-0.15, -0.1) is 11.1 Å². The van der Waals surface area contributed by atoms with Gasteiger partial charge in [0, 0.05) is 39.7 Å². The van der Waals surface area contributed by atoms with Crippen molar-refractivity contribution in [2.24, 2.45) is 9.98 Å². The van der Waals surface area contributed by atoms with Crippen LogP contribution in [0.4, 0.5) is 0 Å². The molecule has 0 saturated heterocycles. The van der Waals surface area contributed by atoms with Gasteiger partial charge in [-0.05, 0) is 18.1 Å². The summed E-state index contributed by atoms with van der Waals surface area (Å²) in [6.45, 7) is 2.64. The summed E-state index contributed by atoms with van der Waals surface area (Å²) in [6, 6.07) is 17.5. The largest absolute Gasteiger partial charge is 1.00 e. The van der Waals surface area contributed by atoms with Crippen LogP contribution in [0.15, 0.2) is 52.4 Å². The molecule has 2 aromatic carbocycles. The van der Waals surface area contributed by atoms with E-state index in [0.29, 0.717) is 12.2 Å². The maximum atomic E-state index is 4.87. The number of fused-ring (bicyclic) bond motifs is 3. The number of H-pyrrole nitrogens is 1. The Morgan fingerprint density at radius 2 is 1.92 bits per heavy atom. The molecule has 1 N–H and O–H groups in total. The maximum Gasteiger partial charge on any atom is 1.00 e. The Labute approximate surface area is 215 Å². The standard InChI is InChI=1S/C20H16N4.Rb.Re/c1-13-7-3-4-8-15(13)19-17-10-6-5-9-16(17)18-14(11-22-19)12-23-20(21-2)24-18;;/h3-5,7-10H,11H2,1-2H3,(H,21,23,24);;/q-2;+1;. The zero-order valence-electron chi connectivity index (χ0n) is 15.0. The van der Waals surface area contributed by atoms with Crippen LogP contribution in [0.25, 0.3) is 11.3 Å². The van der Waals surface area contributed by atoms with Crippen LogP contribution >= 0.6 is 0 Å².